The number of rotatable bonds is 5. The van der Waals surface area contributed by atoms with Crippen LogP contribution >= 0.6 is 11.3 Å². The van der Waals surface area contributed by atoms with Crippen LogP contribution in [0.15, 0.2) is 23.7 Å². The van der Waals surface area contributed by atoms with Crippen molar-refractivity contribution < 1.29 is 4.79 Å². The number of carbonyl (C=O) groups is 1. The van der Waals surface area contributed by atoms with Gasteiger partial charge in [-0.05, 0) is 30.7 Å². The number of carbonyl (C=O) groups excluding carboxylic acids is 1. The molecule has 6 heteroatoms. The topological polar surface area (TPSA) is 51.0 Å². The third-order valence-electron chi connectivity index (χ3n) is 3.25. The summed E-state index contributed by atoms with van der Waals surface area (Å²) in [5.41, 5.74) is 0.445. The monoisotopic (exact) mass is 276 g/mol. The van der Waals surface area contributed by atoms with Gasteiger partial charge in [-0.2, -0.15) is 0 Å². The maximum atomic E-state index is 12.4. The quantitative estimate of drug-likeness (QED) is 0.835. The van der Waals surface area contributed by atoms with Crippen molar-refractivity contribution in [3.63, 3.8) is 0 Å². The number of amides is 1. The van der Waals surface area contributed by atoms with E-state index in [-0.39, 0.29) is 5.91 Å². The van der Waals surface area contributed by atoms with Crippen LogP contribution in [0.4, 0.5) is 0 Å². The number of aromatic nitrogens is 3. The Balaban J connectivity index is 1.68. The Hall–Kier alpha value is -1.69. The van der Waals surface area contributed by atoms with E-state index in [1.54, 1.807) is 29.3 Å². The molecule has 0 saturated heterocycles. The molecule has 1 saturated carbocycles. The Morgan fingerprint density at radius 3 is 3.00 bits per heavy atom. The maximum absolute atomic E-state index is 12.4. The van der Waals surface area contributed by atoms with E-state index in [2.05, 4.69) is 21.8 Å². The highest BCUT2D eigenvalue weighted by atomic mass is 32.1. The van der Waals surface area contributed by atoms with Crippen LogP contribution in [0.2, 0.25) is 0 Å². The van der Waals surface area contributed by atoms with Gasteiger partial charge >= 0.3 is 0 Å². The van der Waals surface area contributed by atoms with Gasteiger partial charge in [0.05, 0.1) is 6.20 Å². The Morgan fingerprint density at radius 1 is 1.58 bits per heavy atom. The zero-order valence-corrected chi connectivity index (χ0v) is 11.6. The van der Waals surface area contributed by atoms with Crippen molar-refractivity contribution in [2.24, 2.45) is 7.05 Å². The van der Waals surface area contributed by atoms with Crippen molar-refractivity contribution >= 4 is 17.2 Å². The van der Waals surface area contributed by atoms with Crippen LogP contribution in [0.1, 0.15) is 28.2 Å². The first-order valence-electron chi connectivity index (χ1n) is 6.44. The van der Waals surface area contributed by atoms with E-state index < -0.39 is 0 Å². The minimum atomic E-state index is 0.00663. The molecule has 19 heavy (non-hydrogen) atoms. The Kier molecular flexibility index (Phi) is 3.33. The molecule has 0 aliphatic heterocycles. The summed E-state index contributed by atoms with van der Waals surface area (Å²) >= 11 is 1.74. The van der Waals surface area contributed by atoms with E-state index in [1.807, 2.05) is 11.0 Å². The Morgan fingerprint density at radius 2 is 2.42 bits per heavy atom. The van der Waals surface area contributed by atoms with E-state index in [9.17, 15) is 4.79 Å². The van der Waals surface area contributed by atoms with Gasteiger partial charge in [-0.15, -0.1) is 16.4 Å². The SMILES string of the molecule is Cn1cc(C(=O)N(CCc2cccs2)C2CC2)nn1. The van der Waals surface area contributed by atoms with Gasteiger partial charge in [0.1, 0.15) is 0 Å². The molecule has 1 fully saturated rings. The highest BCUT2D eigenvalue weighted by Crippen LogP contribution is 2.28. The van der Waals surface area contributed by atoms with Crippen molar-refractivity contribution in [2.75, 3.05) is 6.54 Å². The lowest BCUT2D eigenvalue weighted by Gasteiger charge is -2.20. The zero-order valence-electron chi connectivity index (χ0n) is 10.8. The third kappa shape index (κ3) is 2.84. The molecule has 0 unspecified atom stereocenters. The molecule has 0 spiro atoms. The zero-order chi connectivity index (χ0) is 13.2. The number of thiophene rings is 1. The summed E-state index contributed by atoms with van der Waals surface area (Å²) in [6, 6.07) is 4.56. The molecule has 2 heterocycles. The summed E-state index contributed by atoms with van der Waals surface area (Å²) in [4.78, 5) is 15.7. The Bertz CT molecular complexity index is 559. The summed E-state index contributed by atoms with van der Waals surface area (Å²) < 4.78 is 1.57. The molecule has 2 aromatic heterocycles. The summed E-state index contributed by atoms with van der Waals surface area (Å²) in [7, 11) is 1.77. The molecule has 2 aromatic rings. The predicted molar refractivity (Wildman–Crippen MR) is 73.1 cm³/mol. The van der Waals surface area contributed by atoms with E-state index >= 15 is 0 Å². The standard InChI is InChI=1S/C13H16N4OS/c1-16-9-12(14-15-16)13(18)17(10-4-5-10)7-6-11-3-2-8-19-11/h2-3,8-10H,4-7H2,1H3. The van der Waals surface area contributed by atoms with E-state index in [1.165, 1.54) is 4.88 Å². The molecule has 0 N–H and O–H groups in total. The molecule has 0 radical (unpaired) electrons. The maximum Gasteiger partial charge on any atom is 0.276 e. The van der Waals surface area contributed by atoms with Crippen molar-refractivity contribution in [3.8, 4) is 0 Å². The van der Waals surface area contributed by atoms with Crippen molar-refractivity contribution in [1.82, 2.24) is 19.9 Å². The van der Waals surface area contributed by atoms with Gasteiger partial charge in [-0.1, -0.05) is 11.3 Å². The molecular weight excluding hydrogens is 260 g/mol. The van der Waals surface area contributed by atoms with Crippen LogP contribution in [0.3, 0.4) is 0 Å². The average Bonchev–Trinajstić information content (AvgIpc) is 2.92. The van der Waals surface area contributed by atoms with Crippen molar-refractivity contribution in [2.45, 2.75) is 25.3 Å². The van der Waals surface area contributed by atoms with Crippen LogP contribution in [-0.4, -0.2) is 38.4 Å². The fourth-order valence-corrected chi connectivity index (χ4v) is 2.81. The highest BCUT2D eigenvalue weighted by molar-refractivity contribution is 7.09. The number of aryl methyl sites for hydroxylation is 1. The molecule has 100 valence electrons. The number of hydrogen-bond donors (Lipinski definition) is 0. The number of nitrogens with zero attached hydrogens (tertiary/aromatic N) is 4. The van der Waals surface area contributed by atoms with Crippen LogP contribution < -0.4 is 0 Å². The van der Waals surface area contributed by atoms with Gasteiger partial charge in [0.15, 0.2) is 5.69 Å². The van der Waals surface area contributed by atoms with Crippen molar-refractivity contribution in [3.05, 3.63) is 34.3 Å². The lowest BCUT2D eigenvalue weighted by molar-refractivity contribution is 0.0739. The van der Waals surface area contributed by atoms with Crippen LogP contribution in [0.25, 0.3) is 0 Å². The molecule has 1 amide bonds. The van der Waals surface area contributed by atoms with Gasteiger partial charge in [-0.25, -0.2) is 0 Å². The molecule has 3 rings (SSSR count). The minimum absolute atomic E-state index is 0.00663. The van der Waals surface area contributed by atoms with E-state index in [0.29, 0.717) is 11.7 Å². The molecular formula is C13H16N4OS. The number of hydrogen-bond acceptors (Lipinski definition) is 4. The van der Waals surface area contributed by atoms with Gasteiger partial charge in [0.25, 0.3) is 5.91 Å². The smallest absolute Gasteiger partial charge is 0.276 e. The highest BCUT2D eigenvalue weighted by Gasteiger charge is 2.33. The third-order valence-corrected chi connectivity index (χ3v) is 4.19. The molecule has 1 aliphatic carbocycles. The van der Waals surface area contributed by atoms with E-state index in [4.69, 9.17) is 0 Å². The molecule has 0 bridgehead atoms. The first kappa shape index (κ1) is 12.3. The first-order chi connectivity index (χ1) is 9.24. The predicted octanol–water partition coefficient (Wildman–Crippen LogP) is 1.72. The van der Waals surface area contributed by atoms with Gasteiger partial charge in [0.2, 0.25) is 0 Å². The van der Waals surface area contributed by atoms with Crippen LogP contribution in [-0.2, 0) is 13.5 Å². The molecule has 0 atom stereocenters. The van der Waals surface area contributed by atoms with Gasteiger partial charge in [-0.3, -0.25) is 9.48 Å². The normalized spacial score (nSPS) is 14.6. The Labute approximate surface area is 115 Å². The van der Waals surface area contributed by atoms with E-state index in [0.717, 1.165) is 25.8 Å². The summed E-state index contributed by atoms with van der Waals surface area (Å²) in [6.45, 7) is 0.764. The molecule has 0 aromatic carbocycles. The van der Waals surface area contributed by atoms with Crippen LogP contribution in [0.5, 0.6) is 0 Å². The first-order valence-corrected chi connectivity index (χ1v) is 7.31. The second-order valence-electron chi connectivity index (χ2n) is 4.84. The summed E-state index contributed by atoms with van der Waals surface area (Å²) in [5.74, 6) is 0.00663. The summed E-state index contributed by atoms with van der Waals surface area (Å²) in [6.07, 6.45) is 4.82. The average molecular weight is 276 g/mol. The van der Waals surface area contributed by atoms with Crippen molar-refractivity contribution in [1.29, 1.82) is 0 Å². The lowest BCUT2D eigenvalue weighted by Crippen LogP contribution is -2.35. The molecule has 5 nitrogen and oxygen atoms in total. The van der Waals surface area contributed by atoms with Gasteiger partial charge < -0.3 is 4.90 Å². The van der Waals surface area contributed by atoms with Gasteiger partial charge in [0, 0.05) is 24.5 Å². The molecule has 1 aliphatic rings. The van der Waals surface area contributed by atoms with Crippen LogP contribution in [0, 0.1) is 0 Å². The summed E-state index contributed by atoms with van der Waals surface area (Å²) in [5, 5.41) is 9.82. The largest absolute Gasteiger partial charge is 0.334 e. The fourth-order valence-electron chi connectivity index (χ4n) is 2.11. The fraction of sp³-hybridized carbons (Fsp3) is 0.462. The minimum Gasteiger partial charge on any atom is -0.334 e. The second-order valence-corrected chi connectivity index (χ2v) is 5.87. The lowest BCUT2D eigenvalue weighted by atomic mass is 10.3. The second kappa shape index (κ2) is 5.13.